The summed E-state index contributed by atoms with van der Waals surface area (Å²) in [7, 11) is 0. The third kappa shape index (κ3) is 2.70. The number of phenols is 1. The highest BCUT2D eigenvalue weighted by Gasteiger charge is 1.98. The molecule has 0 aliphatic carbocycles. The molecule has 2 nitrogen and oxygen atoms in total. The van der Waals surface area contributed by atoms with Crippen molar-refractivity contribution in [3.63, 3.8) is 0 Å². The number of aromatic hydroxyl groups is 1. The Labute approximate surface area is 85.0 Å². The summed E-state index contributed by atoms with van der Waals surface area (Å²) in [5.41, 5.74) is 1.22. The molecule has 68 valence electrons. The summed E-state index contributed by atoms with van der Waals surface area (Å²) in [6, 6.07) is 4.90. The first-order chi connectivity index (χ1) is 6.27. The molecular weight excluding hydrogens is 232 g/mol. The molecule has 1 aromatic carbocycles. The van der Waals surface area contributed by atoms with E-state index in [2.05, 4.69) is 15.9 Å². The average Bonchev–Trinajstić information content (AvgIpc) is 2.16. The number of aldehydes is 1. The molecule has 0 aromatic heterocycles. The van der Waals surface area contributed by atoms with Crippen molar-refractivity contribution in [1.29, 1.82) is 0 Å². The SMILES string of the molecule is O=Cc1cc(C=CCBr)ccc1O. The van der Waals surface area contributed by atoms with Crippen LogP contribution in [0.5, 0.6) is 5.75 Å². The van der Waals surface area contributed by atoms with Gasteiger partial charge in [0.1, 0.15) is 5.75 Å². The molecule has 0 heterocycles. The molecule has 1 aromatic rings. The van der Waals surface area contributed by atoms with Crippen LogP contribution < -0.4 is 0 Å². The topological polar surface area (TPSA) is 37.3 Å². The number of phenolic OH excluding ortho intramolecular Hbond substituents is 1. The van der Waals surface area contributed by atoms with Crippen LogP contribution in [-0.4, -0.2) is 16.7 Å². The van der Waals surface area contributed by atoms with E-state index in [9.17, 15) is 9.90 Å². The van der Waals surface area contributed by atoms with E-state index < -0.39 is 0 Å². The van der Waals surface area contributed by atoms with E-state index in [0.29, 0.717) is 11.8 Å². The lowest BCUT2D eigenvalue weighted by atomic mass is 10.1. The van der Waals surface area contributed by atoms with Crippen LogP contribution in [0.2, 0.25) is 0 Å². The standard InChI is InChI=1S/C10H9BrO2/c11-5-1-2-8-3-4-10(13)9(6-8)7-12/h1-4,6-7,13H,5H2. The Balaban J connectivity index is 2.99. The highest BCUT2D eigenvalue weighted by molar-refractivity contribution is 9.09. The minimum Gasteiger partial charge on any atom is -0.507 e. The van der Waals surface area contributed by atoms with Crippen LogP contribution in [0.15, 0.2) is 24.3 Å². The molecule has 0 atom stereocenters. The number of carbonyl (C=O) groups excluding carboxylic acids is 1. The first-order valence-corrected chi connectivity index (χ1v) is 4.91. The maximum absolute atomic E-state index is 10.5. The lowest BCUT2D eigenvalue weighted by molar-refractivity contribution is 0.112. The van der Waals surface area contributed by atoms with Crippen LogP contribution >= 0.6 is 15.9 Å². The van der Waals surface area contributed by atoms with E-state index in [1.54, 1.807) is 12.1 Å². The molecule has 0 saturated carbocycles. The highest BCUT2D eigenvalue weighted by atomic mass is 79.9. The smallest absolute Gasteiger partial charge is 0.153 e. The van der Waals surface area contributed by atoms with E-state index in [-0.39, 0.29) is 5.75 Å². The lowest BCUT2D eigenvalue weighted by Crippen LogP contribution is -1.82. The van der Waals surface area contributed by atoms with Crippen LogP contribution in [0.1, 0.15) is 15.9 Å². The van der Waals surface area contributed by atoms with Crippen molar-refractivity contribution in [1.82, 2.24) is 0 Å². The molecule has 3 heteroatoms. The van der Waals surface area contributed by atoms with Crippen LogP contribution in [0.25, 0.3) is 6.08 Å². The van der Waals surface area contributed by atoms with Crippen LogP contribution in [0.4, 0.5) is 0 Å². The summed E-state index contributed by atoms with van der Waals surface area (Å²) in [5, 5.41) is 9.96. The van der Waals surface area contributed by atoms with Gasteiger partial charge in [0.25, 0.3) is 0 Å². The molecule has 0 aliphatic rings. The molecule has 0 radical (unpaired) electrons. The largest absolute Gasteiger partial charge is 0.507 e. The van der Waals surface area contributed by atoms with Gasteiger partial charge in [0, 0.05) is 5.33 Å². The molecular formula is C10H9BrO2. The summed E-state index contributed by atoms with van der Waals surface area (Å²) in [6.45, 7) is 0. The van der Waals surface area contributed by atoms with Gasteiger partial charge in [-0.3, -0.25) is 4.79 Å². The van der Waals surface area contributed by atoms with Crippen molar-refractivity contribution in [2.45, 2.75) is 0 Å². The molecule has 0 bridgehead atoms. The average molecular weight is 241 g/mol. The van der Waals surface area contributed by atoms with E-state index in [0.717, 1.165) is 10.9 Å². The predicted molar refractivity (Wildman–Crippen MR) is 56.3 cm³/mol. The van der Waals surface area contributed by atoms with Gasteiger partial charge in [-0.15, -0.1) is 0 Å². The van der Waals surface area contributed by atoms with Crippen molar-refractivity contribution < 1.29 is 9.90 Å². The molecule has 0 saturated heterocycles. The number of alkyl halides is 1. The number of hydrogen-bond acceptors (Lipinski definition) is 2. The monoisotopic (exact) mass is 240 g/mol. The number of rotatable bonds is 3. The Bertz CT molecular complexity index is 332. The van der Waals surface area contributed by atoms with E-state index in [1.807, 2.05) is 12.2 Å². The third-order valence-electron chi connectivity index (χ3n) is 1.58. The summed E-state index contributed by atoms with van der Waals surface area (Å²) < 4.78 is 0. The predicted octanol–water partition coefficient (Wildman–Crippen LogP) is 2.61. The van der Waals surface area contributed by atoms with Crippen molar-refractivity contribution in [2.24, 2.45) is 0 Å². The second-order valence-corrected chi connectivity index (χ2v) is 3.14. The van der Waals surface area contributed by atoms with Crippen LogP contribution in [-0.2, 0) is 0 Å². The van der Waals surface area contributed by atoms with Crippen molar-refractivity contribution in [3.8, 4) is 5.75 Å². The zero-order valence-corrected chi connectivity index (χ0v) is 8.49. The van der Waals surface area contributed by atoms with E-state index in [1.165, 1.54) is 6.07 Å². The molecule has 0 amide bonds. The Morgan fingerprint density at radius 3 is 2.85 bits per heavy atom. The first-order valence-electron chi connectivity index (χ1n) is 3.78. The Morgan fingerprint density at radius 2 is 2.23 bits per heavy atom. The summed E-state index contributed by atoms with van der Waals surface area (Å²) in [5.74, 6) is 0.0194. The second-order valence-electron chi connectivity index (χ2n) is 2.49. The van der Waals surface area contributed by atoms with Gasteiger partial charge in [-0.2, -0.15) is 0 Å². The maximum atomic E-state index is 10.5. The molecule has 0 fully saturated rings. The van der Waals surface area contributed by atoms with E-state index in [4.69, 9.17) is 0 Å². The summed E-state index contributed by atoms with van der Waals surface area (Å²) >= 11 is 3.25. The summed E-state index contributed by atoms with van der Waals surface area (Å²) in [6.07, 6.45) is 4.43. The normalized spacial score (nSPS) is 10.5. The first kappa shape index (κ1) is 9.99. The maximum Gasteiger partial charge on any atom is 0.153 e. The fraction of sp³-hybridized carbons (Fsp3) is 0.100. The van der Waals surface area contributed by atoms with Crippen LogP contribution in [0.3, 0.4) is 0 Å². The lowest BCUT2D eigenvalue weighted by Gasteiger charge is -1.97. The number of halogens is 1. The number of hydrogen-bond donors (Lipinski definition) is 1. The third-order valence-corrected chi connectivity index (χ3v) is 1.95. The van der Waals surface area contributed by atoms with Crippen LogP contribution in [0, 0.1) is 0 Å². The van der Waals surface area contributed by atoms with Crippen molar-refractivity contribution in [3.05, 3.63) is 35.4 Å². The minimum absolute atomic E-state index is 0.0194. The van der Waals surface area contributed by atoms with Gasteiger partial charge in [0.15, 0.2) is 6.29 Å². The Kier molecular flexibility index (Phi) is 3.71. The molecule has 1 rings (SSSR count). The quantitative estimate of drug-likeness (QED) is 0.652. The van der Waals surface area contributed by atoms with E-state index >= 15 is 0 Å². The molecule has 0 aliphatic heterocycles. The van der Waals surface area contributed by atoms with Gasteiger partial charge in [-0.1, -0.05) is 34.1 Å². The molecule has 0 spiro atoms. The molecule has 0 unspecified atom stereocenters. The molecule has 1 N–H and O–H groups in total. The second kappa shape index (κ2) is 4.82. The van der Waals surface area contributed by atoms with Gasteiger partial charge in [-0.05, 0) is 17.7 Å². The van der Waals surface area contributed by atoms with Gasteiger partial charge in [0.2, 0.25) is 0 Å². The van der Waals surface area contributed by atoms with Gasteiger partial charge >= 0.3 is 0 Å². The molecule has 13 heavy (non-hydrogen) atoms. The number of allylic oxidation sites excluding steroid dienone is 1. The van der Waals surface area contributed by atoms with Gasteiger partial charge in [0.05, 0.1) is 5.56 Å². The zero-order valence-electron chi connectivity index (χ0n) is 6.90. The highest BCUT2D eigenvalue weighted by Crippen LogP contribution is 2.17. The minimum atomic E-state index is 0.0194. The van der Waals surface area contributed by atoms with Gasteiger partial charge < -0.3 is 5.11 Å². The Hall–Kier alpha value is -1.09. The fourth-order valence-corrected chi connectivity index (χ4v) is 1.14. The number of carbonyl (C=O) groups is 1. The summed E-state index contributed by atoms with van der Waals surface area (Å²) in [4.78, 5) is 10.5. The Morgan fingerprint density at radius 1 is 1.46 bits per heavy atom. The van der Waals surface area contributed by atoms with Crippen molar-refractivity contribution in [2.75, 3.05) is 5.33 Å². The number of benzene rings is 1. The van der Waals surface area contributed by atoms with Gasteiger partial charge in [-0.25, -0.2) is 0 Å². The fourth-order valence-electron chi connectivity index (χ4n) is 0.952. The zero-order chi connectivity index (χ0) is 9.68. The van der Waals surface area contributed by atoms with Crippen molar-refractivity contribution >= 4 is 28.3 Å².